The second kappa shape index (κ2) is 6.02. The van der Waals surface area contributed by atoms with Crippen LogP contribution in [0.25, 0.3) is 0 Å². The van der Waals surface area contributed by atoms with E-state index in [-0.39, 0.29) is 20.7 Å². The first-order valence-corrected chi connectivity index (χ1v) is 7.67. The molecule has 86 valence electrons. The Labute approximate surface area is 112 Å². The summed E-state index contributed by atoms with van der Waals surface area (Å²) in [4.78, 5) is 11.9. The number of halogens is 1. The van der Waals surface area contributed by atoms with Crippen LogP contribution >= 0.6 is 11.6 Å². The zero-order valence-corrected chi connectivity index (χ0v) is 11.6. The van der Waals surface area contributed by atoms with Crippen molar-refractivity contribution in [2.75, 3.05) is 0 Å². The van der Waals surface area contributed by atoms with E-state index in [1.807, 2.05) is 54.6 Å². The number of Topliss-reactive ketones (excluding diaryl/α,β-unsaturated/α-hetero) is 1. The molecule has 0 unspecified atom stereocenters. The molecule has 0 spiro atoms. The second-order valence-corrected chi connectivity index (χ2v) is 6.17. The van der Waals surface area contributed by atoms with Crippen LogP contribution < -0.4 is 4.46 Å². The van der Waals surface area contributed by atoms with Gasteiger partial charge in [0.1, 0.15) is 0 Å². The van der Waals surface area contributed by atoms with Crippen LogP contribution in [0.15, 0.2) is 54.6 Å². The predicted molar refractivity (Wildman–Crippen MR) is 72.4 cm³/mol. The average Bonchev–Trinajstić information content (AvgIpc) is 2.39. The summed E-state index contributed by atoms with van der Waals surface area (Å²) >= 11 is 5.99. The second-order valence-electron chi connectivity index (χ2n) is 3.53. The molecule has 1 nitrogen and oxygen atoms in total. The van der Waals surface area contributed by atoms with Crippen LogP contribution in [-0.4, -0.2) is 20.7 Å². The van der Waals surface area contributed by atoms with Gasteiger partial charge in [0.2, 0.25) is 0 Å². The third-order valence-corrected chi connectivity index (χ3v) is 4.65. The first kappa shape index (κ1) is 12.4. The Kier molecular flexibility index (Phi) is 4.38. The molecule has 0 bridgehead atoms. The molecule has 0 aliphatic carbocycles. The van der Waals surface area contributed by atoms with Crippen LogP contribution in [0.5, 0.6) is 0 Å². The molecular weight excluding hydrogens is 299 g/mol. The van der Waals surface area contributed by atoms with Crippen LogP contribution in [0.2, 0.25) is 10.3 Å². The normalized spacial score (nSPS) is 10.2. The van der Waals surface area contributed by atoms with Crippen LogP contribution in [0.3, 0.4) is 0 Å². The molecule has 0 aromatic heterocycles. The molecule has 0 atom stereocenters. The summed E-state index contributed by atoms with van der Waals surface area (Å²) in [6.07, 6.45) is 0. The van der Waals surface area contributed by atoms with Gasteiger partial charge in [-0.05, 0) is 0 Å². The van der Waals surface area contributed by atoms with Gasteiger partial charge < -0.3 is 0 Å². The SMILES string of the molecule is O=C(C[Se]c1ccc(Cl)cc1)c1ccccc1. The average molecular weight is 310 g/mol. The summed E-state index contributed by atoms with van der Waals surface area (Å²) in [5.74, 6) is 0.209. The molecule has 2 aromatic rings. The number of hydrogen-bond donors (Lipinski definition) is 0. The van der Waals surface area contributed by atoms with Gasteiger partial charge in [-0.3, -0.25) is 0 Å². The minimum atomic E-state index is 0.178. The Morgan fingerprint density at radius 1 is 1.00 bits per heavy atom. The van der Waals surface area contributed by atoms with Gasteiger partial charge in [0.15, 0.2) is 0 Å². The van der Waals surface area contributed by atoms with E-state index in [1.54, 1.807) is 0 Å². The van der Waals surface area contributed by atoms with E-state index in [2.05, 4.69) is 0 Å². The van der Waals surface area contributed by atoms with Crippen molar-refractivity contribution in [1.29, 1.82) is 0 Å². The standard InChI is InChI=1S/C14H11ClOSe/c15-12-6-8-13(9-7-12)17-10-14(16)11-4-2-1-3-5-11/h1-9H,10H2. The fraction of sp³-hybridized carbons (Fsp3) is 0.0714. The zero-order chi connectivity index (χ0) is 12.1. The molecule has 3 heteroatoms. The van der Waals surface area contributed by atoms with Crippen molar-refractivity contribution in [3.8, 4) is 0 Å². The first-order chi connectivity index (χ1) is 8.25. The van der Waals surface area contributed by atoms with Crippen molar-refractivity contribution in [3.63, 3.8) is 0 Å². The molecule has 0 fully saturated rings. The molecular formula is C14H11ClOSe. The van der Waals surface area contributed by atoms with Gasteiger partial charge in [-0.1, -0.05) is 0 Å². The van der Waals surface area contributed by atoms with Crippen molar-refractivity contribution >= 4 is 36.8 Å². The Balaban J connectivity index is 1.95. The van der Waals surface area contributed by atoms with Gasteiger partial charge in [-0.15, -0.1) is 0 Å². The van der Waals surface area contributed by atoms with Crippen molar-refractivity contribution in [2.24, 2.45) is 0 Å². The summed E-state index contributed by atoms with van der Waals surface area (Å²) in [5, 5.41) is 1.33. The summed E-state index contributed by atoms with van der Waals surface area (Å²) in [6.45, 7) is 0. The molecule has 0 aliphatic rings. The van der Waals surface area contributed by atoms with Crippen LogP contribution in [0.1, 0.15) is 10.4 Å². The first-order valence-electron chi connectivity index (χ1n) is 5.22. The number of ketones is 1. The quantitative estimate of drug-likeness (QED) is 0.627. The molecule has 2 aromatic carbocycles. The number of carbonyl (C=O) groups is 1. The Morgan fingerprint density at radius 2 is 1.65 bits per heavy atom. The van der Waals surface area contributed by atoms with Crippen molar-refractivity contribution in [2.45, 2.75) is 5.32 Å². The molecule has 0 amide bonds. The maximum absolute atomic E-state index is 11.9. The van der Waals surface area contributed by atoms with E-state index < -0.39 is 0 Å². The van der Waals surface area contributed by atoms with Crippen LogP contribution in [0.4, 0.5) is 0 Å². The molecule has 0 aliphatic heterocycles. The van der Waals surface area contributed by atoms with E-state index in [4.69, 9.17) is 11.6 Å². The van der Waals surface area contributed by atoms with Gasteiger partial charge in [-0.2, -0.15) is 0 Å². The summed E-state index contributed by atoms with van der Waals surface area (Å²) in [7, 11) is 0. The topological polar surface area (TPSA) is 17.1 Å². The predicted octanol–water partition coefficient (Wildman–Crippen LogP) is 2.97. The Bertz CT molecular complexity index is 493. The zero-order valence-electron chi connectivity index (χ0n) is 9.10. The van der Waals surface area contributed by atoms with Crippen molar-refractivity contribution in [1.82, 2.24) is 0 Å². The molecule has 0 N–H and O–H groups in total. The number of hydrogen-bond acceptors (Lipinski definition) is 1. The Morgan fingerprint density at radius 3 is 2.29 bits per heavy atom. The van der Waals surface area contributed by atoms with E-state index >= 15 is 0 Å². The Hall–Kier alpha value is -1.08. The van der Waals surface area contributed by atoms with Crippen LogP contribution in [0, 0.1) is 0 Å². The molecule has 0 radical (unpaired) electrons. The molecule has 0 saturated carbocycles. The van der Waals surface area contributed by atoms with Gasteiger partial charge in [0.05, 0.1) is 0 Å². The van der Waals surface area contributed by atoms with Gasteiger partial charge in [0.25, 0.3) is 0 Å². The van der Waals surface area contributed by atoms with E-state index in [0.717, 1.165) is 10.6 Å². The third-order valence-electron chi connectivity index (χ3n) is 2.28. The fourth-order valence-electron chi connectivity index (χ4n) is 1.39. The third kappa shape index (κ3) is 3.71. The molecule has 0 saturated heterocycles. The summed E-state index contributed by atoms with van der Waals surface area (Å²) in [5.41, 5.74) is 0.795. The van der Waals surface area contributed by atoms with Crippen molar-refractivity contribution < 1.29 is 4.79 Å². The number of carbonyl (C=O) groups excluding carboxylic acids is 1. The van der Waals surface area contributed by atoms with Gasteiger partial charge in [-0.25, -0.2) is 0 Å². The molecule has 2 rings (SSSR count). The fourth-order valence-corrected chi connectivity index (χ4v) is 3.18. The summed E-state index contributed by atoms with van der Waals surface area (Å²) < 4.78 is 1.20. The monoisotopic (exact) mass is 310 g/mol. The molecule has 0 heterocycles. The van der Waals surface area contributed by atoms with Crippen LogP contribution in [-0.2, 0) is 0 Å². The van der Waals surface area contributed by atoms with E-state index in [1.165, 1.54) is 4.46 Å². The van der Waals surface area contributed by atoms with Crippen molar-refractivity contribution in [3.05, 3.63) is 65.2 Å². The maximum atomic E-state index is 11.9. The van der Waals surface area contributed by atoms with Gasteiger partial charge >= 0.3 is 112 Å². The van der Waals surface area contributed by atoms with Gasteiger partial charge in [0, 0.05) is 0 Å². The van der Waals surface area contributed by atoms with E-state index in [0.29, 0.717) is 5.32 Å². The number of benzene rings is 2. The minimum absolute atomic E-state index is 0.178. The number of rotatable bonds is 4. The summed E-state index contributed by atoms with van der Waals surface area (Å²) in [6, 6.07) is 17.1. The van der Waals surface area contributed by atoms with E-state index in [9.17, 15) is 4.79 Å². The molecule has 17 heavy (non-hydrogen) atoms.